The molecule has 1 aliphatic rings. The lowest BCUT2D eigenvalue weighted by Gasteiger charge is -2.08. The van der Waals surface area contributed by atoms with Crippen molar-refractivity contribution in [1.82, 2.24) is 0 Å². The second-order valence-corrected chi connectivity index (χ2v) is 5.06. The first kappa shape index (κ1) is 19.4. The Kier molecular flexibility index (Phi) is 21.0. The minimum Gasteiger partial charge on any atom is -0.382 e. The third-order valence-corrected chi connectivity index (χ3v) is 3.25. The molecule has 1 saturated heterocycles. The van der Waals surface area contributed by atoms with Crippen LogP contribution in [0.2, 0.25) is 0 Å². The zero-order chi connectivity index (χ0) is 13.4. The molecule has 0 aromatic heterocycles. The lowest BCUT2D eigenvalue weighted by atomic mass is 10.3. The second kappa shape index (κ2) is 18.4. The van der Waals surface area contributed by atoms with Crippen LogP contribution in [0.1, 0.15) is 47.0 Å². The smallest absolute Gasteiger partial charge is 0.0582 e. The molecular formula is C13H30O3S. The van der Waals surface area contributed by atoms with Crippen molar-refractivity contribution >= 4 is 10.8 Å². The van der Waals surface area contributed by atoms with Crippen LogP contribution in [0.25, 0.3) is 0 Å². The lowest BCUT2D eigenvalue weighted by molar-refractivity contribution is 0.143. The summed E-state index contributed by atoms with van der Waals surface area (Å²) in [7, 11) is -0.565. The Balaban J connectivity index is 0. The molecule has 1 rings (SSSR count). The van der Waals surface area contributed by atoms with Gasteiger partial charge in [-0.25, -0.2) is 0 Å². The van der Waals surface area contributed by atoms with Crippen molar-refractivity contribution in [1.29, 1.82) is 0 Å². The van der Waals surface area contributed by atoms with Crippen LogP contribution in [0.5, 0.6) is 0 Å². The highest BCUT2D eigenvalue weighted by Crippen LogP contribution is 1.93. The van der Waals surface area contributed by atoms with E-state index in [4.69, 9.17) is 9.47 Å². The van der Waals surface area contributed by atoms with E-state index in [-0.39, 0.29) is 0 Å². The molecule has 1 aliphatic heterocycles. The Hall–Kier alpha value is 0.0700. The summed E-state index contributed by atoms with van der Waals surface area (Å²) in [6.45, 7) is 11.4. The Bertz CT molecular complexity index is 138. The van der Waals surface area contributed by atoms with Gasteiger partial charge in [0.25, 0.3) is 0 Å². The highest BCUT2D eigenvalue weighted by molar-refractivity contribution is 7.85. The van der Waals surface area contributed by atoms with Crippen molar-refractivity contribution < 1.29 is 13.7 Å². The Morgan fingerprint density at radius 1 is 1.12 bits per heavy atom. The van der Waals surface area contributed by atoms with E-state index in [2.05, 4.69) is 6.92 Å². The molecule has 1 fully saturated rings. The zero-order valence-corrected chi connectivity index (χ0v) is 12.8. The molecule has 1 heterocycles. The largest absolute Gasteiger partial charge is 0.382 e. The monoisotopic (exact) mass is 266 g/mol. The number of hydrogen-bond acceptors (Lipinski definition) is 3. The molecule has 0 unspecified atom stereocenters. The minimum absolute atomic E-state index is 0.565. The van der Waals surface area contributed by atoms with E-state index in [1.807, 2.05) is 20.8 Å². The van der Waals surface area contributed by atoms with Crippen LogP contribution >= 0.6 is 0 Å². The van der Waals surface area contributed by atoms with Crippen molar-refractivity contribution in [2.45, 2.75) is 47.0 Å². The Labute approximate surface area is 110 Å². The summed E-state index contributed by atoms with van der Waals surface area (Å²) in [6.07, 6.45) is 3.82. The first-order valence-corrected chi connectivity index (χ1v) is 8.30. The summed E-state index contributed by atoms with van der Waals surface area (Å²) >= 11 is 0. The van der Waals surface area contributed by atoms with E-state index >= 15 is 0 Å². The number of ether oxygens (including phenoxy) is 2. The van der Waals surface area contributed by atoms with Gasteiger partial charge in [-0.1, -0.05) is 33.6 Å². The molecule has 0 atom stereocenters. The molecule has 0 spiro atoms. The normalized spacial score (nSPS) is 15.3. The van der Waals surface area contributed by atoms with Crippen LogP contribution in [-0.4, -0.2) is 42.1 Å². The van der Waals surface area contributed by atoms with Gasteiger partial charge in [-0.2, -0.15) is 0 Å². The van der Waals surface area contributed by atoms with E-state index < -0.39 is 10.8 Å². The molecule has 0 amide bonds. The predicted octanol–water partition coefficient (Wildman–Crippen LogP) is 3.00. The van der Waals surface area contributed by atoms with E-state index in [9.17, 15) is 4.21 Å². The number of hydrogen-bond donors (Lipinski definition) is 0. The van der Waals surface area contributed by atoms with Crippen molar-refractivity contribution in [3.63, 3.8) is 0 Å². The zero-order valence-electron chi connectivity index (χ0n) is 12.0. The fourth-order valence-electron chi connectivity index (χ4n) is 1.11. The van der Waals surface area contributed by atoms with Gasteiger partial charge in [0.05, 0.1) is 13.2 Å². The molecule has 0 aliphatic carbocycles. The highest BCUT2D eigenvalue weighted by atomic mass is 32.2. The van der Waals surface area contributed by atoms with Gasteiger partial charge < -0.3 is 9.47 Å². The second-order valence-electron chi connectivity index (χ2n) is 3.36. The van der Waals surface area contributed by atoms with Crippen LogP contribution in [0.3, 0.4) is 0 Å². The van der Waals surface area contributed by atoms with Crippen LogP contribution in [-0.2, 0) is 20.3 Å². The van der Waals surface area contributed by atoms with E-state index in [0.717, 1.165) is 24.7 Å². The highest BCUT2D eigenvalue weighted by Gasteiger charge is 2.04. The summed E-state index contributed by atoms with van der Waals surface area (Å²) in [5, 5.41) is 0. The van der Waals surface area contributed by atoms with E-state index in [0.29, 0.717) is 13.2 Å². The predicted molar refractivity (Wildman–Crippen MR) is 76.1 cm³/mol. The van der Waals surface area contributed by atoms with Crippen LogP contribution in [0.4, 0.5) is 0 Å². The van der Waals surface area contributed by atoms with Crippen LogP contribution in [0, 0.1) is 0 Å². The molecule has 3 nitrogen and oxygen atoms in total. The summed E-state index contributed by atoms with van der Waals surface area (Å²) in [6, 6.07) is 0. The number of unbranched alkanes of at least 4 members (excludes halogenated alkanes) is 2. The molecule has 4 heteroatoms. The molecular weight excluding hydrogens is 236 g/mol. The fourth-order valence-corrected chi connectivity index (χ4v) is 1.92. The van der Waals surface area contributed by atoms with Crippen molar-refractivity contribution in [2.75, 3.05) is 37.9 Å². The summed E-state index contributed by atoms with van der Waals surface area (Å²) in [5.41, 5.74) is 0. The van der Waals surface area contributed by atoms with Gasteiger partial charge in [0.15, 0.2) is 0 Å². The average molecular weight is 266 g/mol. The van der Waals surface area contributed by atoms with Gasteiger partial charge in [0, 0.05) is 35.5 Å². The third kappa shape index (κ3) is 18.6. The molecule has 0 radical (unpaired) electrons. The first-order valence-electron chi connectivity index (χ1n) is 6.81. The Morgan fingerprint density at radius 3 is 2.06 bits per heavy atom. The summed E-state index contributed by atoms with van der Waals surface area (Å²) in [4.78, 5) is 0. The SMILES string of the molecule is CC.CCCCCOCC.O=S1CCOCC1. The molecule has 0 aromatic rings. The van der Waals surface area contributed by atoms with Crippen molar-refractivity contribution in [3.8, 4) is 0 Å². The van der Waals surface area contributed by atoms with Gasteiger partial charge in [-0.3, -0.25) is 4.21 Å². The Morgan fingerprint density at radius 2 is 1.71 bits per heavy atom. The molecule has 0 aromatic carbocycles. The quantitative estimate of drug-likeness (QED) is 0.718. The van der Waals surface area contributed by atoms with Crippen molar-refractivity contribution in [3.05, 3.63) is 0 Å². The van der Waals surface area contributed by atoms with Crippen LogP contribution < -0.4 is 0 Å². The minimum atomic E-state index is -0.565. The maximum absolute atomic E-state index is 10.5. The van der Waals surface area contributed by atoms with E-state index in [1.165, 1.54) is 19.3 Å². The van der Waals surface area contributed by atoms with Gasteiger partial charge in [-0.05, 0) is 13.3 Å². The van der Waals surface area contributed by atoms with Crippen molar-refractivity contribution in [2.24, 2.45) is 0 Å². The summed E-state index contributed by atoms with van der Waals surface area (Å²) < 4.78 is 20.6. The topological polar surface area (TPSA) is 35.5 Å². The van der Waals surface area contributed by atoms with E-state index in [1.54, 1.807) is 0 Å². The maximum atomic E-state index is 10.5. The maximum Gasteiger partial charge on any atom is 0.0582 e. The molecule has 17 heavy (non-hydrogen) atoms. The number of rotatable bonds is 5. The van der Waals surface area contributed by atoms with Gasteiger partial charge in [-0.15, -0.1) is 0 Å². The van der Waals surface area contributed by atoms with Gasteiger partial charge in [0.2, 0.25) is 0 Å². The lowest BCUT2D eigenvalue weighted by Crippen LogP contribution is -2.19. The first-order chi connectivity index (χ1) is 8.31. The van der Waals surface area contributed by atoms with Gasteiger partial charge in [0.1, 0.15) is 0 Å². The third-order valence-electron chi connectivity index (χ3n) is 2.01. The summed E-state index contributed by atoms with van der Waals surface area (Å²) in [5.74, 6) is 1.47. The fraction of sp³-hybridized carbons (Fsp3) is 1.00. The van der Waals surface area contributed by atoms with Gasteiger partial charge >= 0.3 is 0 Å². The van der Waals surface area contributed by atoms with Crippen LogP contribution in [0.15, 0.2) is 0 Å². The molecule has 0 N–H and O–H groups in total. The molecule has 0 bridgehead atoms. The molecule has 106 valence electrons. The standard InChI is InChI=1S/C7H16O.C4H8O2S.C2H6/c1-3-5-6-7-8-4-2;5-7-3-1-6-2-4-7;1-2/h3-7H2,1-2H3;1-4H2;1-2H3. The molecule has 0 saturated carbocycles. The average Bonchev–Trinajstić information content (AvgIpc) is 2.39.